The van der Waals surface area contributed by atoms with Gasteiger partial charge in [-0.25, -0.2) is 14.2 Å². The second-order valence-electron chi connectivity index (χ2n) is 4.33. The highest BCUT2D eigenvalue weighted by molar-refractivity contribution is 8.02. The van der Waals surface area contributed by atoms with Crippen LogP contribution in [0.5, 0.6) is 0 Å². The maximum Gasteiger partial charge on any atom is 0.321 e. The van der Waals surface area contributed by atoms with Crippen molar-refractivity contribution in [1.29, 1.82) is 0 Å². The van der Waals surface area contributed by atoms with Gasteiger partial charge in [-0.15, -0.1) is 11.3 Å². The Balaban J connectivity index is 2.01. The molecule has 1 aromatic carbocycles. The lowest BCUT2D eigenvalue weighted by Gasteiger charge is -2.08. The molecular weight excluding hydrogens is 325 g/mol. The number of aromatic nitrogens is 1. The minimum atomic E-state index is -0.538. The number of urea groups is 1. The number of rotatable bonds is 4. The van der Waals surface area contributed by atoms with E-state index in [0.717, 1.165) is 11.3 Å². The van der Waals surface area contributed by atoms with Crippen molar-refractivity contribution in [2.24, 2.45) is 0 Å². The highest BCUT2D eigenvalue weighted by Crippen LogP contribution is 2.30. The highest BCUT2D eigenvalue weighted by atomic mass is 32.2. The van der Waals surface area contributed by atoms with E-state index in [1.807, 2.05) is 5.38 Å². The number of nitrogens with one attached hydrogen (secondary N) is 2. The number of carbonyl (C=O) groups is 2. The second kappa shape index (κ2) is 7.37. The summed E-state index contributed by atoms with van der Waals surface area (Å²) in [6.45, 7) is 1.70. The van der Waals surface area contributed by atoms with Crippen molar-refractivity contribution in [3.8, 4) is 11.3 Å². The first-order valence-corrected chi connectivity index (χ1v) is 8.16. The molecule has 1 atom stereocenters. The van der Waals surface area contributed by atoms with E-state index in [0.29, 0.717) is 4.34 Å². The third kappa shape index (κ3) is 4.28. The van der Waals surface area contributed by atoms with Crippen LogP contribution >= 0.6 is 23.1 Å². The Morgan fingerprint density at radius 2 is 2.00 bits per heavy atom. The van der Waals surface area contributed by atoms with Crippen molar-refractivity contribution in [3.63, 3.8) is 0 Å². The maximum atomic E-state index is 12.9. The summed E-state index contributed by atoms with van der Waals surface area (Å²) >= 11 is 2.66. The fourth-order valence-electron chi connectivity index (χ4n) is 1.55. The fourth-order valence-corrected chi connectivity index (χ4v) is 3.52. The molecule has 0 saturated carbocycles. The normalized spacial score (nSPS) is 11.8. The van der Waals surface area contributed by atoms with Crippen LogP contribution in [-0.2, 0) is 4.79 Å². The van der Waals surface area contributed by atoms with Gasteiger partial charge in [-0.05, 0) is 31.2 Å². The first-order valence-electron chi connectivity index (χ1n) is 6.40. The molecule has 2 aromatic rings. The van der Waals surface area contributed by atoms with Crippen molar-refractivity contribution >= 4 is 35.0 Å². The molecule has 0 spiro atoms. The first-order chi connectivity index (χ1) is 10.5. The molecule has 0 fully saturated rings. The van der Waals surface area contributed by atoms with Gasteiger partial charge in [0.05, 0.1) is 10.9 Å². The third-order valence-electron chi connectivity index (χ3n) is 2.73. The number of hydrogen-bond donors (Lipinski definition) is 2. The summed E-state index contributed by atoms with van der Waals surface area (Å²) in [4.78, 5) is 27.3. The molecule has 22 heavy (non-hydrogen) atoms. The lowest BCUT2D eigenvalue weighted by Crippen LogP contribution is -2.41. The fraction of sp³-hybridized carbons (Fsp3) is 0.214. The van der Waals surface area contributed by atoms with Crippen LogP contribution in [-0.4, -0.2) is 29.2 Å². The molecule has 0 saturated heterocycles. The standard InChI is InChI=1S/C14H14FN3O2S2/c1-8(12(19)18-13(20)16-2)22-14-17-11(7-21-14)9-3-5-10(15)6-4-9/h3-8H,1-2H3,(H2,16,18,19,20). The zero-order valence-electron chi connectivity index (χ0n) is 11.9. The summed E-state index contributed by atoms with van der Waals surface area (Å²) in [5.41, 5.74) is 1.54. The van der Waals surface area contributed by atoms with Crippen molar-refractivity contribution in [1.82, 2.24) is 15.6 Å². The first kappa shape index (κ1) is 16.4. The van der Waals surface area contributed by atoms with E-state index < -0.39 is 11.3 Å². The van der Waals surface area contributed by atoms with E-state index in [9.17, 15) is 14.0 Å². The molecule has 8 heteroatoms. The molecule has 0 aliphatic carbocycles. The van der Waals surface area contributed by atoms with Gasteiger partial charge >= 0.3 is 6.03 Å². The van der Waals surface area contributed by atoms with Crippen LogP contribution in [0.25, 0.3) is 11.3 Å². The van der Waals surface area contributed by atoms with Gasteiger partial charge in [0.25, 0.3) is 0 Å². The summed E-state index contributed by atoms with van der Waals surface area (Å²) < 4.78 is 13.6. The number of amides is 3. The largest absolute Gasteiger partial charge is 0.341 e. The van der Waals surface area contributed by atoms with Gasteiger partial charge in [0, 0.05) is 18.0 Å². The van der Waals surface area contributed by atoms with E-state index in [1.165, 1.54) is 42.3 Å². The van der Waals surface area contributed by atoms with Crippen LogP contribution in [0.1, 0.15) is 6.92 Å². The van der Waals surface area contributed by atoms with Crippen LogP contribution in [0, 0.1) is 5.82 Å². The molecule has 0 radical (unpaired) electrons. The van der Waals surface area contributed by atoms with Crippen molar-refractivity contribution in [2.45, 2.75) is 16.5 Å². The zero-order chi connectivity index (χ0) is 16.1. The molecule has 116 valence electrons. The maximum absolute atomic E-state index is 12.9. The molecule has 1 heterocycles. The SMILES string of the molecule is CNC(=O)NC(=O)C(C)Sc1nc(-c2ccc(F)cc2)cs1. The van der Waals surface area contributed by atoms with Crippen LogP contribution < -0.4 is 10.6 Å². The van der Waals surface area contributed by atoms with Gasteiger partial charge in [-0.3, -0.25) is 10.1 Å². The van der Waals surface area contributed by atoms with Crippen LogP contribution in [0.15, 0.2) is 34.0 Å². The minimum absolute atomic E-state index is 0.298. The number of benzene rings is 1. The number of thiazole rings is 1. The Labute approximate surface area is 135 Å². The molecule has 0 aliphatic rings. The average molecular weight is 339 g/mol. The Kier molecular flexibility index (Phi) is 5.51. The molecule has 0 aliphatic heterocycles. The molecular formula is C14H14FN3O2S2. The lowest BCUT2D eigenvalue weighted by atomic mass is 10.2. The summed E-state index contributed by atoms with van der Waals surface area (Å²) in [7, 11) is 1.44. The number of hydrogen-bond acceptors (Lipinski definition) is 5. The smallest absolute Gasteiger partial charge is 0.321 e. The van der Waals surface area contributed by atoms with Crippen molar-refractivity contribution < 1.29 is 14.0 Å². The lowest BCUT2D eigenvalue weighted by molar-refractivity contribution is -0.119. The summed E-state index contributed by atoms with van der Waals surface area (Å²) in [6.07, 6.45) is 0. The number of nitrogens with zero attached hydrogens (tertiary/aromatic N) is 1. The Bertz CT molecular complexity index is 673. The monoisotopic (exact) mass is 339 g/mol. The number of imide groups is 1. The molecule has 0 bridgehead atoms. The number of carbonyl (C=O) groups excluding carboxylic acids is 2. The number of thioether (sulfide) groups is 1. The van der Waals surface area contributed by atoms with Gasteiger partial charge in [0.15, 0.2) is 4.34 Å². The van der Waals surface area contributed by atoms with E-state index in [2.05, 4.69) is 15.6 Å². The average Bonchev–Trinajstić information content (AvgIpc) is 2.96. The van der Waals surface area contributed by atoms with E-state index in [4.69, 9.17) is 0 Å². The third-order valence-corrected chi connectivity index (χ3v) is 4.81. The van der Waals surface area contributed by atoms with E-state index >= 15 is 0 Å². The number of halogens is 1. The predicted octanol–water partition coefficient (Wildman–Crippen LogP) is 2.89. The molecule has 3 amide bonds. The minimum Gasteiger partial charge on any atom is -0.341 e. The van der Waals surface area contributed by atoms with Crippen molar-refractivity contribution in [3.05, 3.63) is 35.5 Å². The topological polar surface area (TPSA) is 71.1 Å². The summed E-state index contributed by atoms with van der Waals surface area (Å²) in [6, 6.07) is 5.52. The van der Waals surface area contributed by atoms with Gasteiger partial charge in [0.2, 0.25) is 5.91 Å². The Hall–Kier alpha value is -1.93. The Morgan fingerprint density at radius 1 is 1.32 bits per heavy atom. The van der Waals surface area contributed by atoms with E-state index in [-0.39, 0.29) is 11.7 Å². The zero-order valence-corrected chi connectivity index (χ0v) is 13.6. The molecule has 1 unspecified atom stereocenters. The van der Waals surface area contributed by atoms with E-state index in [1.54, 1.807) is 19.1 Å². The molecule has 2 N–H and O–H groups in total. The molecule has 5 nitrogen and oxygen atoms in total. The van der Waals surface area contributed by atoms with Gasteiger partial charge in [-0.1, -0.05) is 11.8 Å². The Morgan fingerprint density at radius 3 is 2.64 bits per heavy atom. The van der Waals surface area contributed by atoms with Gasteiger partial charge in [-0.2, -0.15) is 0 Å². The molecule has 2 rings (SSSR count). The summed E-state index contributed by atoms with van der Waals surface area (Å²) in [5, 5.41) is 5.93. The van der Waals surface area contributed by atoms with Crippen LogP contribution in [0.4, 0.5) is 9.18 Å². The van der Waals surface area contributed by atoms with Gasteiger partial charge < -0.3 is 5.32 Å². The van der Waals surface area contributed by atoms with Crippen LogP contribution in [0.2, 0.25) is 0 Å². The molecule has 1 aromatic heterocycles. The predicted molar refractivity (Wildman–Crippen MR) is 85.4 cm³/mol. The highest BCUT2D eigenvalue weighted by Gasteiger charge is 2.18. The van der Waals surface area contributed by atoms with Crippen LogP contribution in [0.3, 0.4) is 0 Å². The van der Waals surface area contributed by atoms with Gasteiger partial charge in [0.1, 0.15) is 5.82 Å². The quantitative estimate of drug-likeness (QED) is 0.840. The summed E-state index contributed by atoms with van der Waals surface area (Å²) in [5.74, 6) is -0.684. The van der Waals surface area contributed by atoms with Crippen molar-refractivity contribution in [2.75, 3.05) is 7.05 Å². The second-order valence-corrected chi connectivity index (χ2v) is 6.78.